The van der Waals surface area contributed by atoms with Gasteiger partial charge in [0, 0.05) is 11.6 Å². The van der Waals surface area contributed by atoms with Crippen LogP contribution in [0.4, 0.5) is 0 Å². The molecule has 0 bridgehead atoms. The number of carbonyl (C=O) groups is 3. The minimum Gasteiger partial charge on any atom is -0.494 e. The second kappa shape index (κ2) is 36.6. The van der Waals surface area contributed by atoms with Gasteiger partial charge in [0.15, 0.2) is 6.26 Å². The van der Waals surface area contributed by atoms with E-state index in [1.165, 1.54) is 23.5 Å². The van der Waals surface area contributed by atoms with Gasteiger partial charge in [-0.25, -0.2) is 14.4 Å². The maximum Gasteiger partial charge on any atom is 0.343 e. The van der Waals surface area contributed by atoms with E-state index in [-0.39, 0.29) is 17.9 Å². The summed E-state index contributed by atoms with van der Waals surface area (Å²) in [6.45, 7) is 19.2. The second-order valence-electron chi connectivity index (χ2n) is 18.6. The molecule has 0 heterocycles. The van der Waals surface area contributed by atoms with Crippen LogP contribution in [0.5, 0.6) is 23.0 Å². The van der Waals surface area contributed by atoms with E-state index in [0.29, 0.717) is 56.5 Å². The van der Waals surface area contributed by atoms with Crippen LogP contribution in [0, 0.1) is 0 Å². The minimum absolute atomic E-state index is 0.320. The monoisotopic (exact) mass is 1070 g/mol. The van der Waals surface area contributed by atoms with Crippen molar-refractivity contribution < 1.29 is 52.6 Å². The van der Waals surface area contributed by atoms with Gasteiger partial charge in [-0.05, 0) is 184 Å². The molecule has 0 fully saturated rings. The summed E-state index contributed by atoms with van der Waals surface area (Å²) in [6.07, 6.45) is 16.9. The predicted octanol–water partition coefficient (Wildman–Crippen LogP) is 16.1. The first-order chi connectivity index (χ1) is 38.6. The average Bonchev–Trinajstić information content (AvgIpc) is 3.49. The first-order valence-corrected chi connectivity index (χ1v) is 27.2. The molecule has 0 spiro atoms. The Kier molecular flexibility index (Phi) is 28.5. The molecule has 0 aliphatic rings. The molecular formula is C68H76O11. The van der Waals surface area contributed by atoms with Crippen molar-refractivity contribution in [1.82, 2.24) is 0 Å². The Morgan fingerprint density at radius 1 is 0.468 bits per heavy atom. The quantitative estimate of drug-likeness (QED) is 0.00552. The molecule has 6 rings (SSSR count). The highest BCUT2D eigenvalue weighted by Gasteiger charge is 2.10. The maximum atomic E-state index is 12.5. The van der Waals surface area contributed by atoms with Crippen LogP contribution >= 0.6 is 0 Å². The Morgan fingerprint density at radius 2 is 0.861 bits per heavy atom. The molecule has 0 aromatic heterocycles. The van der Waals surface area contributed by atoms with Gasteiger partial charge in [0.1, 0.15) is 23.0 Å². The third-order valence-corrected chi connectivity index (χ3v) is 12.3. The molecule has 0 saturated heterocycles. The summed E-state index contributed by atoms with van der Waals surface area (Å²) in [5.74, 6) is 2.05. The highest BCUT2D eigenvalue weighted by molar-refractivity contribution is 5.91. The first-order valence-electron chi connectivity index (χ1n) is 27.2. The van der Waals surface area contributed by atoms with E-state index in [4.69, 9.17) is 38.2 Å². The fourth-order valence-corrected chi connectivity index (χ4v) is 7.82. The number of esters is 3. The molecule has 0 aliphatic carbocycles. The smallest absolute Gasteiger partial charge is 0.343 e. The summed E-state index contributed by atoms with van der Waals surface area (Å²) >= 11 is 0. The number of hydrogen-bond acceptors (Lipinski definition) is 11. The Hall–Kier alpha value is -8.37. The Labute approximate surface area is 467 Å². The van der Waals surface area contributed by atoms with Crippen LogP contribution in [0.3, 0.4) is 0 Å². The zero-order chi connectivity index (χ0) is 56.1. The highest BCUT2D eigenvalue weighted by Crippen LogP contribution is 2.26. The summed E-state index contributed by atoms with van der Waals surface area (Å²) < 4.78 is 33.1. The molecule has 79 heavy (non-hydrogen) atoms. The van der Waals surface area contributed by atoms with Crippen molar-refractivity contribution in [2.45, 2.75) is 90.4 Å². The van der Waals surface area contributed by atoms with Crippen molar-refractivity contribution in [3.05, 3.63) is 218 Å². The SMILES string of the molecule is C=C=COOCCCCCCOc1ccc(-c2ccc(OCCCCCCOC(=O)C=C)cc2)cc1.C=Cc1ccc(OC(=O)c2ccc(-c3ccc(Cc4ccc(OCCCCCCOC(=O)C(=C)C)cc4)cc3)cc2)cc1. The van der Waals surface area contributed by atoms with Crippen molar-refractivity contribution in [1.29, 1.82) is 0 Å². The average molecular weight is 1070 g/mol. The first kappa shape index (κ1) is 61.5. The van der Waals surface area contributed by atoms with Crippen molar-refractivity contribution in [3.63, 3.8) is 0 Å². The van der Waals surface area contributed by atoms with Gasteiger partial charge < -0.3 is 33.3 Å². The highest BCUT2D eigenvalue weighted by atomic mass is 17.2. The van der Waals surface area contributed by atoms with E-state index in [0.717, 1.165) is 129 Å². The van der Waals surface area contributed by atoms with E-state index in [9.17, 15) is 14.4 Å². The van der Waals surface area contributed by atoms with Crippen LogP contribution in [0.1, 0.15) is 111 Å². The van der Waals surface area contributed by atoms with Crippen molar-refractivity contribution in [2.24, 2.45) is 0 Å². The van der Waals surface area contributed by atoms with Crippen molar-refractivity contribution >= 4 is 24.0 Å². The van der Waals surface area contributed by atoms with Gasteiger partial charge in [-0.2, -0.15) is 4.89 Å². The van der Waals surface area contributed by atoms with E-state index in [1.54, 1.807) is 37.3 Å². The van der Waals surface area contributed by atoms with Crippen molar-refractivity contribution in [3.8, 4) is 45.3 Å². The maximum absolute atomic E-state index is 12.5. The van der Waals surface area contributed by atoms with Crippen LogP contribution in [0.2, 0.25) is 0 Å². The van der Waals surface area contributed by atoms with Crippen molar-refractivity contribution in [2.75, 3.05) is 39.6 Å². The molecular weight excluding hydrogens is 993 g/mol. The molecule has 0 unspecified atom stereocenters. The number of hydrogen-bond donors (Lipinski definition) is 0. The molecule has 0 amide bonds. The molecule has 11 heteroatoms. The molecule has 6 aromatic carbocycles. The van der Waals surface area contributed by atoms with E-state index >= 15 is 0 Å². The van der Waals surface area contributed by atoms with Crippen LogP contribution in [0.25, 0.3) is 28.3 Å². The lowest BCUT2D eigenvalue weighted by Gasteiger charge is -2.09. The zero-order valence-electron chi connectivity index (χ0n) is 45.8. The molecule has 0 aliphatic heterocycles. The van der Waals surface area contributed by atoms with Gasteiger partial charge in [-0.1, -0.05) is 129 Å². The van der Waals surface area contributed by atoms with Crippen LogP contribution in [0.15, 0.2) is 196 Å². The van der Waals surface area contributed by atoms with Crippen LogP contribution in [-0.2, 0) is 35.3 Å². The molecule has 414 valence electrons. The Bertz CT molecular complexity index is 2790. The fourth-order valence-electron chi connectivity index (χ4n) is 7.82. The molecule has 0 N–H and O–H groups in total. The predicted molar refractivity (Wildman–Crippen MR) is 314 cm³/mol. The summed E-state index contributed by atoms with van der Waals surface area (Å²) in [5, 5.41) is 0. The largest absolute Gasteiger partial charge is 0.494 e. The lowest BCUT2D eigenvalue weighted by Crippen LogP contribution is -2.08. The van der Waals surface area contributed by atoms with Gasteiger partial charge in [0.05, 0.1) is 45.2 Å². The van der Waals surface area contributed by atoms with Gasteiger partial charge in [0.25, 0.3) is 0 Å². The third kappa shape index (κ3) is 24.7. The lowest BCUT2D eigenvalue weighted by atomic mass is 9.99. The van der Waals surface area contributed by atoms with Crippen LogP contribution in [-0.4, -0.2) is 57.5 Å². The molecule has 0 atom stereocenters. The number of unbranched alkanes of at least 4 members (excludes halogenated alkanes) is 9. The number of carbonyl (C=O) groups excluding carboxylic acids is 3. The third-order valence-electron chi connectivity index (χ3n) is 12.3. The van der Waals surface area contributed by atoms with Gasteiger partial charge >= 0.3 is 17.9 Å². The van der Waals surface area contributed by atoms with E-state index in [1.807, 2.05) is 60.7 Å². The normalized spacial score (nSPS) is 10.4. The van der Waals surface area contributed by atoms with Crippen LogP contribution < -0.4 is 18.9 Å². The second-order valence-corrected chi connectivity index (χ2v) is 18.6. The summed E-state index contributed by atoms with van der Waals surface area (Å²) in [7, 11) is 0. The van der Waals surface area contributed by atoms with Gasteiger partial charge in [-0.3, -0.25) is 0 Å². The Balaban J connectivity index is 0.000000296. The number of rotatable bonds is 35. The lowest BCUT2D eigenvalue weighted by molar-refractivity contribution is -0.248. The van der Waals surface area contributed by atoms with E-state index < -0.39 is 0 Å². The summed E-state index contributed by atoms with van der Waals surface area (Å²) in [5.41, 5.74) is 11.2. The molecule has 0 saturated carbocycles. The van der Waals surface area contributed by atoms with Gasteiger partial charge in [0.2, 0.25) is 0 Å². The standard InChI is InChI=1S/C38H38O5.C30H38O6/c1-4-29-11-23-36(24-12-29)43-38(40)34-19-17-33(18-20-34)32-15-9-30(10-16-32)27-31-13-21-35(22-14-31)41-25-7-5-6-8-26-42-37(39)28(2)3;1-3-21-35-36-25-12-8-7-10-23-33-29-19-15-27(16-20-29)26-13-17-28(18-14-26)32-22-9-5-6-11-24-34-30(31)4-2/h4,9-24H,1-2,5-8,25-27H2,3H3;4,13-21H,1-2,5-12,22-25H2. The summed E-state index contributed by atoms with van der Waals surface area (Å²) in [4.78, 5) is 44.5. The van der Waals surface area contributed by atoms with E-state index in [2.05, 4.69) is 92.7 Å². The molecule has 0 radical (unpaired) electrons. The zero-order valence-corrected chi connectivity index (χ0v) is 45.8. The minimum atomic E-state index is -0.389. The summed E-state index contributed by atoms with van der Waals surface area (Å²) in [6, 6.07) is 47.7. The Morgan fingerprint density at radius 3 is 1.30 bits per heavy atom. The molecule has 11 nitrogen and oxygen atoms in total. The van der Waals surface area contributed by atoms with Gasteiger partial charge in [-0.15, -0.1) is 0 Å². The number of benzene rings is 6. The molecule has 6 aromatic rings. The fraction of sp³-hybridized carbons (Fsp3) is 0.294. The number of ether oxygens (including phenoxy) is 6. The topological polar surface area (TPSA) is 125 Å².